The molecular weight excluding hydrogens is 318 g/mol. The van der Waals surface area contributed by atoms with Crippen molar-refractivity contribution < 1.29 is 14.7 Å². The van der Waals surface area contributed by atoms with Gasteiger partial charge < -0.3 is 15.0 Å². The molecule has 2 aliphatic heterocycles. The second-order valence-corrected chi connectivity index (χ2v) is 6.45. The molecule has 2 aromatic carbocycles. The minimum Gasteiger partial charge on any atom is -0.508 e. The van der Waals surface area contributed by atoms with Crippen molar-refractivity contribution >= 4 is 28.5 Å². The van der Waals surface area contributed by atoms with Crippen LogP contribution in [0.2, 0.25) is 0 Å². The number of nitrogens with one attached hydrogen (secondary N) is 1. The Hall–Kier alpha value is -3.28. The second-order valence-electron chi connectivity index (χ2n) is 6.45. The number of imide groups is 1. The number of carbonyl (C=O) groups is 2. The quantitative estimate of drug-likeness (QED) is 0.672. The van der Waals surface area contributed by atoms with E-state index in [1.165, 1.54) is 4.90 Å². The largest absolute Gasteiger partial charge is 0.508 e. The van der Waals surface area contributed by atoms with Gasteiger partial charge in [0, 0.05) is 23.0 Å². The van der Waals surface area contributed by atoms with Crippen molar-refractivity contribution in [3.8, 4) is 5.75 Å². The molecule has 0 bridgehead atoms. The highest BCUT2D eigenvalue weighted by molar-refractivity contribution is 6.21. The monoisotopic (exact) mass is 333 g/mol. The smallest absolute Gasteiger partial charge is 0.332 e. The van der Waals surface area contributed by atoms with E-state index in [2.05, 4.69) is 4.98 Å². The Bertz CT molecular complexity index is 1030. The summed E-state index contributed by atoms with van der Waals surface area (Å²) in [7, 11) is 0. The van der Waals surface area contributed by atoms with Gasteiger partial charge in [-0.15, -0.1) is 0 Å². The van der Waals surface area contributed by atoms with Gasteiger partial charge in [-0.05, 0) is 35.9 Å². The molecule has 1 atom stereocenters. The predicted molar refractivity (Wildman–Crippen MR) is 92.3 cm³/mol. The Morgan fingerprint density at radius 3 is 2.68 bits per heavy atom. The SMILES string of the molecule is O=C1C2Cc3c([nH]c4ccc(O)cc34)CN2C(=O)N1c1ccccc1. The average Bonchev–Trinajstić information content (AvgIpc) is 3.09. The predicted octanol–water partition coefficient (Wildman–Crippen LogP) is 2.77. The van der Waals surface area contributed by atoms with E-state index in [1.54, 1.807) is 29.2 Å². The number of para-hydroxylation sites is 1. The average molecular weight is 333 g/mol. The molecule has 1 unspecified atom stereocenters. The summed E-state index contributed by atoms with van der Waals surface area (Å²) in [6.07, 6.45) is 0.451. The summed E-state index contributed by atoms with van der Waals surface area (Å²) in [5.74, 6) is -0.00665. The van der Waals surface area contributed by atoms with Crippen LogP contribution in [0.1, 0.15) is 11.3 Å². The zero-order valence-corrected chi connectivity index (χ0v) is 13.3. The molecule has 0 radical (unpaired) electrons. The van der Waals surface area contributed by atoms with Crippen LogP contribution in [0.15, 0.2) is 48.5 Å². The van der Waals surface area contributed by atoms with E-state index in [4.69, 9.17) is 0 Å². The normalized spacial score (nSPS) is 19.4. The molecule has 6 heteroatoms. The molecule has 3 aromatic rings. The van der Waals surface area contributed by atoms with Gasteiger partial charge in [0.1, 0.15) is 11.8 Å². The highest BCUT2D eigenvalue weighted by Gasteiger charge is 2.48. The lowest BCUT2D eigenvalue weighted by Gasteiger charge is -2.26. The zero-order chi connectivity index (χ0) is 17.1. The number of nitrogens with zero attached hydrogens (tertiary/aromatic N) is 2. The number of aromatic nitrogens is 1. The molecule has 3 heterocycles. The molecule has 1 fully saturated rings. The summed E-state index contributed by atoms with van der Waals surface area (Å²) >= 11 is 0. The minimum atomic E-state index is -0.499. The fraction of sp³-hybridized carbons (Fsp3) is 0.158. The van der Waals surface area contributed by atoms with E-state index in [-0.39, 0.29) is 17.7 Å². The van der Waals surface area contributed by atoms with Crippen LogP contribution < -0.4 is 4.90 Å². The van der Waals surface area contributed by atoms with Crippen LogP contribution in [0, 0.1) is 0 Å². The summed E-state index contributed by atoms with van der Waals surface area (Å²) in [4.78, 5) is 31.9. The molecule has 1 saturated heterocycles. The molecular formula is C19H15N3O3. The lowest BCUT2D eigenvalue weighted by atomic mass is 9.97. The molecule has 5 rings (SSSR count). The molecule has 1 aromatic heterocycles. The van der Waals surface area contributed by atoms with E-state index in [0.29, 0.717) is 18.7 Å². The number of aromatic amines is 1. The van der Waals surface area contributed by atoms with Gasteiger partial charge in [0.15, 0.2) is 0 Å². The summed E-state index contributed by atoms with van der Waals surface area (Å²) in [6.45, 7) is 0.364. The summed E-state index contributed by atoms with van der Waals surface area (Å²) in [5.41, 5.74) is 3.43. The van der Waals surface area contributed by atoms with Crippen LogP contribution in [0.5, 0.6) is 5.75 Å². The van der Waals surface area contributed by atoms with Gasteiger partial charge in [-0.1, -0.05) is 18.2 Å². The molecule has 124 valence electrons. The van der Waals surface area contributed by atoms with Crippen molar-refractivity contribution in [2.75, 3.05) is 4.90 Å². The lowest BCUT2D eigenvalue weighted by Crippen LogP contribution is -2.39. The summed E-state index contributed by atoms with van der Waals surface area (Å²) < 4.78 is 0. The maximum absolute atomic E-state index is 12.9. The second kappa shape index (κ2) is 4.86. The van der Waals surface area contributed by atoms with E-state index in [0.717, 1.165) is 22.2 Å². The maximum atomic E-state index is 12.9. The number of rotatable bonds is 1. The van der Waals surface area contributed by atoms with E-state index in [1.807, 2.05) is 24.3 Å². The number of phenols is 1. The fourth-order valence-corrected chi connectivity index (χ4v) is 3.85. The summed E-state index contributed by atoms with van der Waals surface area (Å²) in [6, 6.07) is 13.4. The standard InChI is InChI=1S/C19H15N3O3/c23-12-6-7-15-13(8-12)14-9-17-18(24)22(11-4-2-1-3-5-11)19(25)21(17)10-16(14)20-15/h1-8,17,20,23H,9-10H2. The number of aromatic hydroxyl groups is 1. The van der Waals surface area contributed by atoms with Crippen molar-refractivity contribution in [2.24, 2.45) is 0 Å². The van der Waals surface area contributed by atoms with Gasteiger partial charge in [0.2, 0.25) is 0 Å². The Balaban J connectivity index is 1.58. The van der Waals surface area contributed by atoms with Gasteiger partial charge in [-0.3, -0.25) is 4.79 Å². The van der Waals surface area contributed by atoms with Crippen LogP contribution in [0.25, 0.3) is 10.9 Å². The number of amides is 3. The first-order valence-corrected chi connectivity index (χ1v) is 8.15. The molecule has 2 N–H and O–H groups in total. The van der Waals surface area contributed by atoms with E-state index < -0.39 is 6.04 Å². The fourth-order valence-electron chi connectivity index (χ4n) is 3.85. The van der Waals surface area contributed by atoms with Crippen LogP contribution in [-0.2, 0) is 17.8 Å². The molecule has 0 spiro atoms. The van der Waals surface area contributed by atoms with E-state index >= 15 is 0 Å². The minimum absolute atomic E-state index is 0.191. The Labute approximate surface area is 143 Å². The van der Waals surface area contributed by atoms with Crippen LogP contribution in [-0.4, -0.2) is 33.0 Å². The molecule has 2 aliphatic rings. The van der Waals surface area contributed by atoms with Gasteiger partial charge in [0.25, 0.3) is 5.91 Å². The van der Waals surface area contributed by atoms with Gasteiger partial charge in [-0.2, -0.15) is 0 Å². The van der Waals surface area contributed by atoms with Gasteiger partial charge in [-0.25, -0.2) is 9.69 Å². The van der Waals surface area contributed by atoms with Crippen LogP contribution in [0.4, 0.5) is 10.5 Å². The highest BCUT2D eigenvalue weighted by Crippen LogP contribution is 2.36. The Morgan fingerprint density at radius 1 is 1.08 bits per heavy atom. The number of urea groups is 1. The van der Waals surface area contributed by atoms with Crippen molar-refractivity contribution in [3.05, 3.63) is 59.8 Å². The van der Waals surface area contributed by atoms with Crippen LogP contribution >= 0.6 is 0 Å². The molecule has 3 amide bonds. The van der Waals surface area contributed by atoms with E-state index in [9.17, 15) is 14.7 Å². The number of phenolic OH excluding ortho intramolecular Hbond substituents is 1. The van der Waals surface area contributed by atoms with Crippen molar-refractivity contribution in [1.29, 1.82) is 0 Å². The Morgan fingerprint density at radius 2 is 1.88 bits per heavy atom. The first-order valence-electron chi connectivity index (χ1n) is 8.15. The van der Waals surface area contributed by atoms with Crippen molar-refractivity contribution in [3.63, 3.8) is 0 Å². The topological polar surface area (TPSA) is 76.6 Å². The molecule has 6 nitrogen and oxygen atoms in total. The number of benzene rings is 2. The van der Waals surface area contributed by atoms with Crippen molar-refractivity contribution in [1.82, 2.24) is 9.88 Å². The number of H-pyrrole nitrogens is 1. The first-order chi connectivity index (χ1) is 12.1. The molecule has 0 aliphatic carbocycles. The number of anilines is 1. The van der Waals surface area contributed by atoms with Crippen LogP contribution in [0.3, 0.4) is 0 Å². The Kier molecular flexibility index (Phi) is 2.74. The van der Waals surface area contributed by atoms with Gasteiger partial charge in [0.05, 0.1) is 12.2 Å². The highest BCUT2D eigenvalue weighted by atomic mass is 16.3. The third-order valence-corrected chi connectivity index (χ3v) is 5.04. The third kappa shape index (κ3) is 1.91. The number of hydrogen-bond acceptors (Lipinski definition) is 3. The maximum Gasteiger partial charge on any atom is 0.332 e. The van der Waals surface area contributed by atoms with Crippen molar-refractivity contribution in [2.45, 2.75) is 19.0 Å². The lowest BCUT2D eigenvalue weighted by molar-refractivity contribution is -0.119. The summed E-state index contributed by atoms with van der Waals surface area (Å²) in [5, 5.41) is 10.7. The number of fused-ring (bicyclic) bond motifs is 4. The number of carbonyl (C=O) groups excluding carboxylic acids is 2. The zero-order valence-electron chi connectivity index (χ0n) is 13.3. The van der Waals surface area contributed by atoms with Gasteiger partial charge >= 0.3 is 6.03 Å². The molecule has 25 heavy (non-hydrogen) atoms. The first kappa shape index (κ1) is 14.1. The number of hydrogen-bond donors (Lipinski definition) is 2. The molecule has 0 saturated carbocycles. The third-order valence-electron chi connectivity index (χ3n) is 5.04.